The van der Waals surface area contributed by atoms with Crippen LogP contribution in [0, 0.1) is 0 Å². The Bertz CT molecular complexity index is 490. The van der Waals surface area contributed by atoms with E-state index in [1.54, 1.807) is 0 Å². The minimum Gasteiger partial charge on any atom is -0.256 e. The van der Waals surface area contributed by atoms with E-state index in [4.69, 9.17) is 0 Å². The van der Waals surface area contributed by atoms with Crippen LogP contribution >= 0.6 is 0 Å². The van der Waals surface area contributed by atoms with Gasteiger partial charge >= 0.3 is 0 Å². The van der Waals surface area contributed by atoms with Crippen LogP contribution in [0.2, 0.25) is 0 Å². The lowest BCUT2D eigenvalue weighted by Gasteiger charge is -2.07. The zero-order chi connectivity index (χ0) is 11.5. The second-order valence-corrected chi connectivity index (χ2v) is 4.17. The molecule has 16 heavy (non-hydrogen) atoms. The first kappa shape index (κ1) is 10.9. The van der Waals surface area contributed by atoms with E-state index in [0.717, 1.165) is 18.5 Å². The van der Waals surface area contributed by atoms with Gasteiger partial charge in [-0.2, -0.15) is 0 Å². The second-order valence-electron chi connectivity index (χ2n) is 4.17. The normalized spacial score (nSPS) is 19.6. The maximum absolute atomic E-state index is 4.58. The number of allylic oxidation sites excluding steroid dienone is 5. The van der Waals surface area contributed by atoms with Crippen molar-refractivity contribution in [3.63, 3.8) is 0 Å². The van der Waals surface area contributed by atoms with Gasteiger partial charge in [0.05, 0.1) is 5.70 Å². The highest BCUT2D eigenvalue weighted by Gasteiger charge is 2.12. The van der Waals surface area contributed by atoms with Gasteiger partial charge in [-0.05, 0) is 32.3 Å². The van der Waals surface area contributed by atoms with Gasteiger partial charge in [0.1, 0.15) is 0 Å². The quantitative estimate of drug-likeness (QED) is 0.579. The van der Waals surface area contributed by atoms with Crippen molar-refractivity contribution in [3.8, 4) is 0 Å². The number of aliphatic imine (C=N–C) groups is 1. The van der Waals surface area contributed by atoms with Crippen molar-refractivity contribution in [1.82, 2.24) is 0 Å². The van der Waals surface area contributed by atoms with E-state index in [-0.39, 0.29) is 0 Å². The summed E-state index contributed by atoms with van der Waals surface area (Å²) in [7, 11) is 0. The molecule has 0 unspecified atom stereocenters. The Hall–Kier alpha value is -1.59. The Morgan fingerprint density at radius 3 is 2.94 bits per heavy atom. The largest absolute Gasteiger partial charge is 0.256 e. The minimum atomic E-state index is 0.961. The summed E-state index contributed by atoms with van der Waals surface area (Å²) in [6.45, 7) is 6.40. The fourth-order valence-corrected chi connectivity index (χ4v) is 2.08. The smallest absolute Gasteiger partial charge is 0.0677 e. The number of hydrogen-bond acceptors (Lipinski definition) is 1. The van der Waals surface area contributed by atoms with Crippen LogP contribution in [0.5, 0.6) is 0 Å². The van der Waals surface area contributed by atoms with Gasteiger partial charge in [0.25, 0.3) is 0 Å². The van der Waals surface area contributed by atoms with Gasteiger partial charge in [0, 0.05) is 22.9 Å². The predicted molar refractivity (Wildman–Crippen MR) is 69.5 cm³/mol. The summed E-state index contributed by atoms with van der Waals surface area (Å²) in [5.74, 6) is 0. The molecule has 0 aromatic rings. The molecule has 0 bridgehead atoms. The van der Waals surface area contributed by atoms with E-state index < -0.39 is 0 Å². The molecule has 0 saturated carbocycles. The molecule has 0 saturated heterocycles. The van der Waals surface area contributed by atoms with Gasteiger partial charge in [0.2, 0.25) is 0 Å². The molecule has 0 fully saturated rings. The van der Waals surface area contributed by atoms with Crippen LogP contribution in [0.4, 0.5) is 0 Å². The molecule has 0 radical (unpaired) electrons. The molecular formula is C15H17N. The summed E-state index contributed by atoms with van der Waals surface area (Å²) in [6.07, 6.45) is 10.4. The highest BCUT2D eigenvalue weighted by Crippen LogP contribution is 2.28. The second kappa shape index (κ2) is 4.51. The van der Waals surface area contributed by atoms with Crippen LogP contribution in [-0.2, 0) is 0 Å². The summed E-state index contributed by atoms with van der Waals surface area (Å²) in [6, 6.07) is 0. The number of nitrogens with zero attached hydrogens (tertiary/aromatic N) is 1. The lowest BCUT2D eigenvalue weighted by Crippen LogP contribution is -1.90. The van der Waals surface area contributed by atoms with E-state index >= 15 is 0 Å². The average molecular weight is 211 g/mol. The molecule has 1 aliphatic heterocycles. The Labute approximate surface area is 97.3 Å². The third-order valence-electron chi connectivity index (χ3n) is 2.93. The minimum absolute atomic E-state index is 0.961. The fraction of sp³-hybridized carbons (Fsp3) is 0.333. The molecule has 0 atom stereocenters. The van der Waals surface area contributed by atoms with Gasteiger partial charge in [-0.1, -0.05) is 25.2 Å². The first-order chi connectivity index (χ1) is 7.72. The maximum atomic E-state index is 4.58. The van der Waals surface area contributed by atoms with Gasteiger partial charge in [-0.25, -0.2) is 0 Å². The van der Waals surface area contributed by atoms with Crippen molar-refractivity contribution in [3.05, 3.63) is 51.9 Å². The van der Waals surface area contributed by atoms with Gasteiger partial charge in [-0.3, -0.25) is 4.99 Å². The van der Waals surface area contributed by atoms with E-state index in [0.29, 0.717) is 0 Å². The van der Waals surface area contributed by atoms with Crippen LogP contribution in [0.25, 0.3) is 0 Å². The molecule has 0 aromatic carbocycles. The highest BCUT2D eigenvalue weighted by atomic mass is 14.7. The zero-order valence-corrected chi connectivity index (χ0v) is 10.2. The third kappa shape index (κ3) is 2.00. The van der Waals surface area contributed by atoms with Crippen LogP contribution in [0.15, 0.2) is 56.9 Å². The van der Waals surface area contributed by atoms with Crippen LogP contribution < -0.4 is 0 Å². The van der Waals surface area contributed by atoms with E-state index in [9.17, 15) is 0 Å². The summed E-state index contributed by atoms with van der Waals surface area (Å²) < 4.78 is 0. The lowest BCUT2D eigenvalue weighted by molar-refractivity contribution is 1.18. The van der Waals surface area contributed by atoms with E-state index in [2.05, 4.69) is 49.7 Å². The molecule has 1 nitrogen and oxygen atoms in total. The Balaban J connectivity index is 2.66. The number of rotatable bonds is 1. The fourth-order valence-electron chi connectivity index (χ4n) is 2.08. The molecule has 2 rings (SSSR count). The molecule has 0 aromatic heterocycles. The van der Waals surface area contributed by atoms with Crippen molar-refractivity contribution < 1.29 is 0 Å². The third-order valence-corrected chi connectivity index (χ3v) is 2.93. The zero-order valence-electron chi connectivity index (χ0n) is 10.2. The summed E-state index contributed by atoms with van der Waals surface area (Å²) in [5, 5.41) is 0. The molecule has 82 valence electrons. The van der Waals surface area contributed by atoms with Crippen molar-refractivity contribution in [1.29, 1.82) is 0 Å². The van der Waals surface area contributed by atoms with E-state index in [1.807, 2.05) is 6.21 Å². The Morgan fingerprint density at radius 1 is 1.38 bits per heavy atom. The van der Waals surface area contributed by atoms with Gasteiger partial charge < -0.3 is 0 Å². The average Bonchev–Trinajstić information content (AvgIpc) is 2.54. The molecule has 0 N–H and O–H groups in total. The number of hydrogen-bond donors (Lipinski definition) is 0. The molecule has 0 spiro atoms. The van der Waals surface area contributed by atoms with E-state index in [1.165, 1.54) is 22.3 Å². The molecule has 1 aliphatic carbocycles. The summed E-state index contributed by atoms with van der Waals surface area (Å²) >= 11 is 0. The van der Waals surface area contributed by atoms with Crippen molar-refractivity contribution in [2.24, 2.45) is 4.99 Å². The van der Waals surface area contributed by atoms with Crippen LogP contribution in [0.1, 0.15) is 33.6 Å². The first-order valence-corrected chi connectivity index (χ1v) is 5.81. The monoisotopic (exact) mass is 211 g/mol. The predicted octanol–water partition coefficient (Wildman–Crippen LogP) is 4.11. The molecular weight excluding hydrogens is 194 g/mol. The maximum Gasteiger partial charge on any atom is 0.0677 e. The van der Waals surface area contributed by atoms with Crippen LogP contribution in [0.3, 0.4) is 0 Å². The SMILES string of the molecule is CCC1=C=C(C)C2=C(C)C=CCC=C2N=C1. The topological polar surface area (TPSA) is 12.4 Å². The van der Waals surface area contributed by atoms with Gasteiger partial charge in [0.15, 0.2) is 0 Å². The molecule has 0 amide bonds. The van der Waals surface area contributed by atoms with Crippen molar-refractivity contribution in [2.45, 2.75) is 33.6 Å². The summed E-state index contributed by atoms with van der Waals surface area (Å²) in [5.41, 5.74) is 9.43. The summed E-state index contributed by atoms with van der Waals surface area (Å²) in [4.78, 5) is 4.58. The van der Waals surface area contributed by atoms with Crippen LogP contribution in [-0.4, -0.2) is 6.21 Å². The standard InChI is InChI=1S/C15H17N/c1-4-13-9-12(3)15-11(2)7-5-6-8-14(15)16-10-13/h5,7-8,10H,4,6H2,1-3H3. The molecule has 1 heterocycles. The first-order valence-electron chi connectivity index (χ1n) is 5.81. The highest BCUT2D eigenvalue weighted by molar-refractivity contribution is 5.81. The Morgan fingerprint density at radius 2 is 2.19 bits per heavy atom. The van der Waals surface area contributed by atoms with Crippen molar-refractivity contribution in [2.75, 3.05) is 0 Å². The molecule has 2 aliphatic rings. The van der Waals surface area contributed by atoms with Gasteiger partial charge in [-0.15, -0.1) is 5.73 Å². The number of fused-ring (bicyclic) bond motifs is 1. The van der Waals surface area contributed by atoms with Crippen molar-refractivity contribution >= 4 is 6.21 Å². The lowest BCUT2D eigenvalue weighted by atomic mass is 10.00. The Kier molecular flexibility index (Phi) is 3.07. The molecule has 1 heteroatoms.